The molecule has 2 aromatic carbocycles. The molecule has 0 bridgehead atoms. The van der Waals surface area contributed by atoms with Gasteiger partial charge in [-0.1, -0.05) is 18.2 Å². The molecule has 0 radical (unpaired) electrons. The van der Waals surface area contributed by atoms with Crippen molar-refractivity contribution in [1.82, 2.24) is 0 Å². The molecule has 0 atom stereocenters. The van der Waals surface area contributed by atoms with Gasteiger partial charge in [0.25, 0.3) is 0 Å². The molecular weight excluding hydrogens is 325 g/mol. The third-order valence-corrected chi connectivity index (χ3v) is 3.33. The van der Waals surface area contributed by atoms with Crippen LogP contribution in [0, 0.1) is 10.1 Å². The van der Waals surface area contributed by atoms with Crippen molar-refractivity contribution in [2.75, 3.05) is 6.54 Å². The van der Waals surface area contributed by atoms with Gasteiger partial charge < -0.3 is 10.5 Å². The Kier molecular flexibility index (Phi) is 5.40. The number of halogens is 3. The maximum atomic E-state index is 12.7. The topological polar surface area (TPSA) is 78.4 Å². The fraction of sp³-hybridized carbons (Fsp3) is 0.250. The highest BCUT2D eigenvalue weighted by atomic mass is 19.4. The highest BCUT2D eigenvalue weighted by molar-refractivity contribution is 5.52. The summed E-state index contributed by atoms with van der Waals surface area (Å²) in [6.07, 6.45) is -3.38. The second-order valence-electron chi connectivity index (χ2n) is 5.04. The number of rotatable bonds is 6. The van der Waals surface area contributed by atoms with Crippen molar-refractivity contribution in [1.29, 1.82) is 0 Å². The van der Waals surface area contributed by atoms with E-state index in [4.69, 9.17) is 10.5 Å². The molecule has 0 heterocycles. The summed E-state index contributed by atoms with van der Waals surface area (Å²) in [5.74, 6) is 0.113. The normalized spacial score (nSPS) is 11.3. The first-order valence-electron chi connectivity index (χ1n) is 7.14. The molecule has 2 aromatic rings. The van der Waals surface area contributed by atoms with Crippen molar-refractivity contribution in [2.45, 2.75) is 19.0 Å². The number of nitrogens with two attached hydrogens (primary N) is 1. The molecule has 2 rings (SSSR count). The van der Waals surface area contributed by atoms with E-state index >= 15 is 0 Å². The Morgan fingerprint density at radius 1 is 1.12 bits per heavy atom. The summed E-state index contributed by atoms with van der Waals surface area (Å²) < 4.78 is 43.7. The number of benzene rings is 2. The van der Waals surface area contributed by atoms with Gasteiger partial charge in [0.15, 0.2) is 0 Å². The Morgan fingerprint density at radius 2 is 1.83 bits per heavy atom. The molecule has 128 valence electrons. The number of ether oxygens (including phenoxy) is 1. The van der Waals surface area contributed by atoms with Crippen molar-refractivity contribution in [3.8, 4) is 11.5 Å². The van der Waals surface area contributed by atoms with Crippen LogP contribution in [0.4, 0.5) is 18.9 Å². The van der Waals surface area contributed by atoms with Crippen LogP contribution in [0.3, 0.4) is 0 Å². The number of hydrogen-bond acceptors (Lipinski definition) is 4. The quantitative estimate of drug-likeness (QED) is 0.628. The maximum Gasteiger partial charge on any atom is 0.416 e. The van der Waals surface area contributed by atoms with Crippen molar-refractivity contribution in [3.63, 3.8) is 0 Å². The SMILES string of the molecule is NCCCc1ccccc1Oc1ccc(C(F)(F)F)cc1[N+](=O)[O-]. The summed E-state index contributed by atoms with van der Waals surface area (Å²) in [4.78, 5) is 10.2. The summed E-state index contributed by atoms with van der Waals surface area (Å²) in [6.45, 7) is 0.467. The minimum absolute atomic E-state index is 0.242. The number of para-hydroxylation sites is 1. The third-order valence-electron chi connectivity index (χ3n) is 3.33. The summed E-state index contributed by atoms with van der Waals surface area (Å²) in [6, 6.07) is 9.02. The fourth-order valence-electron chi connectivity index (χ4n) is 2.14. The van der Waals surface area contributed by atoms with Gasteiger partial charge in [0.2, 0.25) is 5.75 Å². The van der Waals surface area contributed by atoms with Crippen LogP contribution in [0.5, 0.6) is 11.5 Å². The lowest BCUT2D eigenvalue weighted by molar-refractivity contribution is -0.385. The average molecular weight is 340 g/mol. The Labute approximate surface area is 136 Å². The zero-order valence-corrected chi connectivity index (χ0v) is 12.5. The third kappa shape index (κ3) is 4.23. The van der Waals surface area contributed by atoms with Crippen LogP contribution in [0.25, 0.3) is 0 Å². The molecule has 0 amide bonds. The Hall–Kier alpha value is -2.61. The molecule has 0 unspecified atom stereocenters. The molecule has 0 aliphatic carbocycles. The Balaban J connectivity index is 2.38. The van der Waals surface area contributed by atoms with Crippen LogP contribution in [0.15, 0.2) is 42.5 Å². The first kappa shape index (κ1) is 17.7. The molecule has 0 spiro atoms. The van der Waals surface area contributed by atoms with E-state index in [0.29, 0.717) is 31.2 Å². The van der Waals surface area contributed by atoms with Crippen LogP contribution >= 0.6 is 0 Å². The predicted octanol–water partition coefficient (Wildman–Crippen LogP) is 4.30. The molecule has 2 N–H and O–H groups in total. The molecule has 5 nitrogen and oxygen atoms in total. The predicted molar refractivity (Wildman–Crippen MR) is 82.0 cm³/mol. The lowest BCUT2D eigenvalue weighted by atomic mass is 10.1. The zero-order valence-electron chi connectivity index (χ0n) is 12.5. The van der Waals surface area contributed by atoms with Gasteiger partial charge in [-0.25, -0.2) is 0 Å². The van der Waals surface area contributed by atoms with E-state index < -0.39 is 22.4 Å². The number of nitro groups is 1. The Morgan fingerprint density at radius 3 is 2.46 bits per heavy atom. The smallest absolute Gasteiger partial charge is 0.416 e. The molecule has 24 heavy (non-hydrogen) atoms. The minimum Gasteiger partial charge on any atom is -0.450 e. The maximum absolute atomic E-state index is 12.7. The molecule has 0 fully saturated rings. The summed E-state index contributed by atoms with van der Waals surface area (Å²) >= 11 is 0. The summed E-state index contributed by atoms with van der Waals surface area (Å²) in [7, 11) is 0. The number of alkyl halides is 3. The van der Waals surface area contributed by atoms with E-state index in [1.807, 2.05) is 0 Å². The van der Waals surface area contributed by atoms with Gasteiger partial charge >= 0.3 is 11.9 Å². The standard InChI is InChI=1S/C16H15F3N2O3/c17-16(18,19)12-7-8-15(13(10-12)21(22)23)24-14-6-2-1-4-11(14)5-3-9-20/h1-2,4,6-8,10H,3,5,9,20H2. The highest BCUT2D eigenvalue weighted by Gasteiger charge is 2.33. The first-order chi connectivity index (χ1) is 11.3. The van der Waals surface area contributed by atoms with Gasteiger partial charge in [0, 0.05) is 6.07 Å². The zero-order chi connectivity index (χ0) is 17.7. The van der Waals surface area contributed by atoms with E-state index in [0.717, 1.165) is 17.7 Å². The van der Waals surface area contributed by atoms with E-state index in [9.17, 15) is 23.3 Å². The van der Waals surface area contributed by atoms with E-state index in [1.54, 1.807) is 24.3 Å². The van der Waals surface area contributed by atoms with E-state index in [-0.39, 0.29) is 5.75 Å². The molecule has 0 aromatic heterocycles. The molecule has 8 heteroatoms. The number of hydrogen-bond donors (Lipinski definition) is 1. The fourth-order valence-corrected chi connectivity index (χ4v) is 2.14. The van der Waals surface area contributed by atoms with Crippen LogP contribution in [0.2, 0.25) is 0 Å². The van der Waals surface area contributed by atoms with Crippen molar-refractivity contribution >= 4 is 5.69 Å². The second-order valence-corrected chi connectivity index (χ2v) is 5.04. The number of nitrogens with zero attached hydrogens (tertiary/aromatic N) is 1. The average Bonchev–Trinajstić information content (AvgIpc) is 2.53. The van der Waals surface area contributed by atoms with Gasteiger partial charge in [-0.15, -0.1) is 0 Å². The van der Waals surface area contributed by atoms with Gasteiger partial charge in [-0.3, -0.25) is 10.1 Å². The second kappa shape index (κ2) is 7.31. The molecule has 0 aliphatic heterocycles. The van der Waals surface area contributed by atoms with Crippen molar-refractivity contribution in [2.24, 2.45) is 5.73 Å². The lowest BCUT2D eigenvalue weighted by Gasteiger charge is -2.12. The van der Waals surface area contributed by atoms with Crippen LogP contribution in [0.1, 0.15) is 17.5 Å². The number of aryl methyl sites for hydroxylation is 1. The highest BCUT2D eigenvalue weighted by Crippen LogP contribution is 2.38. The van der Waals surface area contributed by atoms with Crippen LogP contribution < -0.4 is 10.5 Å². The van der Waals surface area contributed by atoms with Crippen molar-refractivity contribution < 1.29 is 22.8 Å². The first-order valence-corrected chi connectivity index (χ1v) is 7.14. The van der Waals surface area contributed by atoms with Gasteiger partial charge in [0.1, 0.15) is 5.75 Å². The molecular formula is C16H15F3N2O3. The minimum atomic E-state index is -4.66. The van der Waals surface area contributed by atoms with E-state index in [1.165, 1.54) is 0 Å². The largest absolute Gasteiger partial charge is 0.450 e. The van der Waals surface area contributed by atoms with Gasteiger partial charge in [-0.05, 0) is 43.1 Å². The van der Waals surface area contributed by atoms with Gasteiger partial charge in [-0.2, -0.15) is 13.2 Å². The summed E-state index contributed by atoms with van der Waals surface area (Å²) in [5, 5.41) is 11.1. The van der Waals surface area contributed by atoms with Crippen LogP contribution in [-0.4, -0.2) is 11.5 Å². The Bertz CT molecular complexity index is 733. The van der Waals surface area contributed by atoms with Crippen LogP contribution in [-0.2, 0) is 12.6 Å². The summed E-state index contributed by atoms with van der Waals surface area (Å²) in [5.41, 5.74) is 4.40. The van der Waals surface area contributed by atoms with E-state index in [2.05, 4.69) is 0 Å². The van der Waals surface area contributed by atoms with Crippen molar-refractivity contribution in [3.05, 3.63) is 63.7 Å². The molecule has 0 saturated heterocycles. The molecule has 0 aliphatic rings. The monoisotopic (exact) mass is 340 g/mol. The number of nitro benzene ring substituents is 1. The van der Waals surface area contributed by atoms with Gasteiger partial charge in [0.05, 0.1) is 10.5 Å². The molecule has 0 saturated carbocycles. The lowest BCUT2D eigenvalue weighted by Crippen LogP contribution is -2.06.